The Labute approximate surface area is 448 Å². The fourth-order valence-corrected chi connectivity index (χ4v) is 11.1. The van der Waals surface area contributed by atoms with E-state index in [4.69, 9.17) is 14.1 Å². The number of fused-ring (bicyclic) bond motifs is 7. The average Bonchev–Trinajstić information content (AvgIpc) is 4.08. The van der Waals surface area contributed by atoms with Gasteiger partial charge in [-0.3, -0.25) is 4.57 Å². The van der Waals surface area contributed by atoms with Gasteiger partial charge in [0.25, 0.3) is 0 Å². The Morgan fingerprint density at radius 3 is 1.86 bits per heavy atom. The maximum atomic E-state index is 6.98. The van der Waals surface area contributed by atoms with E-state index in [9.17, 15) is 0 Å². The third-order valence-corrected chi connectivity index (χ3v) is 15.5. The molecule has 11 aromatic rings. The van der Waals surface area contributed by atoms with Gasteiger partial charge in [-0.15, -0.1) is 0 Å². The monoisotopic (exact) mass is 997 g/mol. The molecule has 0 unspecified atom stereocenters. The minimum Gasteiger partial charge on any atom is -0.457 e. The predicted octanol–water partition coefficient (Wildman–Crippen LogP) is 19.6. The highest BCUT2D eigenvalue weighted by Crippen LogP contribution is 2.52. The number of hydrogen-bond acceptors (Lipinski definition) is 5. The van der Waals surface area contributed by atoms with Crippen molar-refractivity contribution >= 4 is 66.5 Å². The second-order valence-corrected chi connectivity index (χ2v) is 25.0. The zero-order chi connectivity index (χ0) is 53.1. The highest BCUT2D eigenvalue weighted by Gasteiger charge is 2.34. The van der Waals surface area contributed by atoms with Crippen LogP contribution in [0.15, 0.2) is 187 Å². The molecule has 0 saturated heterocycles. The molecule has 0 radical (unpaired) electrons. The van der Waals surface area contributed by atoms with Gasteiger partial charge in [0.15, 0.2) is 0 Å². The number of benzene rings is 8. The van der Waals surface area contributed by atoms with Crippen LogP contribution in [0.1, 0.15) is 105 Å². The molecule has 3 aromatic heterocycles. The van der Waals surface area contributed by atoms with Crippen molar-refractivity contribution in [3.05, 3.63) is 204 Å². The number of hydrogen-bond donors (Lipinski definition) is 0. The van der Waals surface area contributed by atoms with E-state index in [0.717, 1.165) is 89.6 Å². The molecule has 8 aromatic carbocycles. The van der Waals surface area contributed by atoms with Gasteiger partial charge in [-0.2, -0.15) is 0 Å². The number of pyridine rings is 1. The van der Waals surface area contributed by atoms with Crippen LogP contribution < -0.4 is 14.5 Å². The van der Waals surface area contributed by atoms with Crippen molar-refractivity contribution in [1.29, 1.82) is 0 Å². The van der Waals surface area contributed by atoms with E-state index in [0.29, 0.717) is 6.67 Å². The first-order valence-corrected chi connectivity index (χ1v) is 26.9. The summed E-state index contributed by atoms with van der Waals surface area (Å²) in [6, 6.07) is 64.0. The van der Waals surface area contributed by atoms with Crippen molar-refractivity contribution in [3.63, 3.8) is 0 Å². The van der Waals surface area contributed by atoms with Gasteiger partial charge in [0.05, 0.1) is 22.4 Å². The summed E-state index contributed by atoms with van der Waals surface area (Å²) >= 11 is 0. The lowest BCUT2D eigenvalue weighted by molar-refractivity contribution is 0.483. The molecule has 6 nitrogen and oxygen atoms in total. The van der Waals surface area contributed by atoms with Crippen LogP contribution in [0.2, 0.25) is 0 Å². The molecule has 0 N–H and O–H groups in total. The van der Waals surface area contributed by atoms with Crippen molar-refractivity contribution in [2.45, 2.75) is 105 Å². The summed E-state index contributed by atoms with van der Waals surface area (Å²) in [5.41, 5.74) is 18.0. The van der Waals surface area contributed by atoms with Crippen LogP contribution in [0.3, 0.4) is 0 Å². The minimum absolute atomic E-state index is 0.0419. The summed E-state index contributed by atoms with van der Waals surface area (Å²) in [5.74, 6) is 2.38. The molecule has 12 rings (SSSR count). The highest BCUT2D eigenvalue weighted by molar-refractivity contribution is 6.12. The molecular formula is C70H68N4O2. The van der Waals surface area contributed by atoms with E-state index in [1.807, 2.05) is 12.3 Å². The summed E-state index contributed by atoms with van der Waals surface area (Å²) in [6.07, 6.45) is 1.94. The highest BCUT2D eigenvalue weighted by atomic mass is 16.5. The summed E-state index contributed by atoms with van der Waals surface area (Å²) in [4.78, 5) is 9.95. The first-order chi connectivity index (χ1) is 36.2. The molecule has 0 saturated carbocycles. The van der Waals surface area contributed by atoms with Gasteiger partial charge in [0, 0.05) is 62.4 Å². The molecule has 6 heteroatoms. The van der Waals surface area contributed by atoms with Crippen molar-refractivity contribution in [3.8, 4) is 39.6 Å². The van der Waals surface area contributed by atoms with E-state index in [2.05, 4.69) is 267 Å². The van der Waals surface area contributed by atoms with Crippen LogP contribution in [0.25, 0.3) is 71.8 Å². The van der Waals surface area contributed by atoms with Crippen LogP contribution in [-0.4, -0.2) is 16.2 Å². The van der Waals surface area contributed by atoms with E-state index in [1.54, 1.807) is 0 Å². The second-order valence-electron chi connectivity index (χ2n) is 25.0. The van der Waals surface area contributed by atoms with Gasteiger partial charge in [-0.25, -0.2) is 4.98 Å². The van der Waals surface area contributed by atoms with E-state index in [-0.39, 0.29) is 21.7 Å². The second kappa shape index (κ2) is 17.8. The van der Waals surface area contributed by atoms with Gasteiger partial charge < -0.3 is 19.0 Å². The largest absolute Gasteiger partial charge is 0.457 e. The van der Waals surface area contributed by atoms with Crippen LogP contribution in [0, 0.1) is 0 Å². The Morgan fingerprint density at radius 1 is 0.434 bits per heavy atom. The molecule has 4 heterocycles. The van der Waals surface area contributed by atoms with Gasteiger partial charge in [-0.05, 0) is 128 Å². The number of rotatable bonds is 7. The Kier molecular flexibility index (Phi) is 11.4. The third kappa shape index (κ3) is 8.68. The van der Waals surface area contributed by atoms with Crippen molar-refractivity contribution in [2.75, 3.05) is 16.5 Å². The van der Waals surface area contributed by atoms with Crippen molar-refractivity contribution < 1.29 is 9.15 Å². The number of furan rings is 1. The summed E-state index contributed by atoms with van der Waals surface area (Å²) in [6.45, 7) is 28.0. The van der Waals surface area contributed by atoms with Gasteiger partial charge >= 0.3 is 0 Å². The molecule has 0 amide bonds. The van der Waals surface area contributed by atoms with E-state index < -0.39 is 0 Å². The number of ether oxygens (including phenoxy) is 1. The van der Waals surface area contributed by atoms with Crippen LogP contribution in [0.4, 0.5) is 22.7 Å². The average molecular weight is 997 g/mol. The molecule has 0 spiro atoms. The number of nitrogens with zero attached hydrogens (tertiary/aromatic N) is 4. The molecule has 0 bridgehead atoms. The molecule has 76 heavy (non-hydrogen) atoms. The Morgan fingerprint density at radius 2 is 1.09 bits per heavy atom. The molecule has 380 valence electrons. The quantitative estimate of drug-likeness (QED) is 0.159. The van der Waals surface area contributed by atoms with Crippen molar-refractivity contribution in [1.82, 2.24) is 9.55 Å². The summed E-state index contributed by atoms with van der Waals surface area (Å²) < 4.78 is 16.0. The molecule has 0 aliphatic carbocycles. The molecule has 0 fully saturated rings. The normalized spacial score (nSPS) is 13.4. The summed E-state index contributed by atoms with van der Waals surface area (Å²) in [5, 5.41) is 4.54. The maximum absolute atomic E-state index is 6.98. The van der Waals surface area contributed by atoms with Crippen LogP contribution in [-0.2, 0) is 21.7 Å². The lowest BCUT2D eigenvalue weighted by Gasteiger charge is -2.30. The lowest BCUT2D eigenvalue weighted by Crippen LogP contribution is -2.25. The fourth-order valence-electron chi connectivity index (χ4n) is 11.1. The minimum atomic E-state index is -0.0603. The molecule has 1 aliphatic heterocycles. The number of anilines is 4. The summed E-state index contributed by atoms with van der Waals surface area (Å²) in [7, 11) is 0. The van der Waals surface area contributed by atoms with E-state index in [1.165, 1.54) is 38.8 Å². The zero-order valence-electron chi connectivity index (χ0n) is 46.1. The number of para-hydroxylation sites is 3. The Hall–Kier alpha value is -8.09. The molecular weight excluding hydrogens is 929 g/mol. The van der Waals surface area contributed by atoms with Crippen LogP contribution in [0.5, 0.6) is 11.5 Å². The standard InChI is InChI=1S/C70H68N4O2/c1-67(2,3)46-20-15-19-44(35-46)45-29-32-60-59(36-45)54-31-30-53(42-62(54)74(60)64-40-47(33-34-71-64)68(4,5)6)75-52-22-16-21-50(41-52)72-43-73(51-38-48(69(7,8)9)37-49(39-51)70(10,11)12)65-56(24-18-27-61(65)72)58-26-17-25-57-55-23-13-14-28-63(55)76-66(57)58/h13-42H,43H2,1-12H3. The fraction of sp³-hybridized carbons (Fsp3) is 0.243. The number of aromatic nitrogens is 2. The lowest BCUT2D eigenvalue weighted by atomic mass is 9.80. The van der Waals surface area contributed by atoms with Gasteiger partial charge in [0.1, 0.15) is 35.2 Å². The third-order valence-electron chi connectivity index (χ3n) is 15.5. The predicted molar refractivity (Wildman–Crippen MR) is 320 cm³/mol. The zero-order valence-corrected chi connectivity index (χ0v) is 46.1. The van der Waals surface area contributed by atoms with E-state index >= 15 is 0 Å². The first-order valence-electron chi connectivity index (χ1n) is 26.9. The molecule has 1 aliphatic rings. The smallest absolute Gasteiger partial charge is 0.143 e. The Balaban J connectivity index is 0.976. The first kappa shape index (κ1) is 48.8. The van der Waals surface area contributed by atoms with Crippen molar-refractivity contribution in [2.24, 2.45) is 0 Å². The topological polar surface area (TPSA) is 46.7 Å². The SMILES string of the molecule is CC(C)(C)c1cccc(-c2ccc3c(c2)c2ccc(Oc4cccc(N5CN(c6cc(C(C)(C)C)cc(C(C)(C)C)c6)c6c(-c7cccc8c7oc7ccccc78)cccc65)c4)cc2n3-c2cc(C(C)(C)C)ccn2)c1. The maximum Gasteiger partial charge on any atom is 0.143 e. The molecule has 0 atom stereocenters. The Bertz CT molecular complexity index is 4040. The van der Waals surface area contributed by atoms with Crippen LogP contribution >= 0.6 is 0 Å². The van der Waals surface area contributed by atoms with Gasteiger partial charge in [-0.1, -0.05) is 174 Å². The van der Waals surface area contributed by atoms with Gasteiger partial charge in [0.2, 0.25) is 0 Å².